The van der Waals surface area contributed by atoms with Crippen LogP contribution in [0.25, 0.3) is 0 Å². The van der Waals surface area contributed by atoms with E-state index >= 15 is 0 Å². The second-order valence-electron chi connectivity index (χ2n) is 5.01. The number of methoxy groups -OCH3 is 1. The maximum absolute atomic E-state index is 12.0. The first-order valence-electron chi connectivity index (χ1n) is 7.77. The molecule has 0 heterocycles. The van der Waals surface area contributed by atoms with Crippen LogP contribution in [-0.4, -0.2) is 31.4 Å². The molecule has 0 unspecified atom stereocenters. The van der Waals surface area contributed by atoms with Gasteiger partial charge in [-0.3, -0.25) is 9.59 Å². The van der Waals surface area contributed by atoms with Crippen LogP contribution in [0.2, 0.25) is 0 Å². The quantitative estimate of drug-likeness (QED) is 0.216. The van der Waals surface area contributed by atoms with Gasteiger partial charge >= 0.3 is 11.9 Å². The minimum absolute atomic E-state index is 0.230. The van der Waals surface area contributed by atoms with Crippen LogP contribution in [-0.2, 0) is 19.1 Å². The van der Waals surface area contributed by atoms with Crippen LogP contribution in [0.1, 0.15) is 36.0 Å². The van der Waals surface area contributed by atoms with Gasteiger partial charge in [-0.05, 0) is 37.1 Å². The molecule has 0 radical (unpaired) electrons. The van der Waals surface area contributed by atoms with Crippen molar-refractivity contribution >= 4 is 18.2 Å². The highest BCUT2D eigenvalue weighted by Gasteiger charge is 2.12. The standard InChI is InChI=1S/C19H22O5/c1-23-18(21)14-8-3-2-7-12-17(13-9-15-20)24-19(22)16-10-5-4-6-11-16/h2,4-7,9-11,13,15,17H,3,8,12,14H2,1H3/b7-2-,13-9+/t17-/m1/s1. The second kappa shape index (κ2) is 11.8. The number of benzene rings is 1. The molecular formula is C19H22O5. The van der Waals surface area contributed by atoms with Crippen molar-refractivity contribution in [3.63, 3.8) is 0 Å². The van der Waals surface area contributed by atoms with Crippen LogP contribution >= 0.6 is 0 Å². The van der Waals surface area contributed by atoms with Gasteiger partial charge in [-0.1, -0.05) is 30.4 Å². The van der Waals surface area contributed by atoms with Crippen molar-refractivity contribution in [2.75, 3.05) is 7.11 Å². The van der Waals surface area contributed by atoms with Crippen molar-refractivity contribution in [3.8, 4) is 0 Å². The maximum atomic E-state index is 12.0. The Bertz CT molecular complexity index is 575. The van der Waals surface area contributed by atoms with Crippen LogP contribution in [0.5, 0.6) is 0 Å². The Labute approximate surface area is 142 Å². The molecule has 24 heavy (non-hydrogen) atoms. The van der Waals surface area contributed by atoms with Crippen molar-refractivity contribution in [1.82, 2.24) is 0 Å². The van der Waals surface area contributed by atoms with E-state index in [1.165, 1.54) is 13.2 Å². The molecule has 1 rings (SSSR count). The molecule has 5 nitrogen and oxygen atoms in total. The third-order valence-electron chi connectivity index (χ3n) is 3.19. The molecule has 0 spiro atoms. The number of ether oxygens (including phenoxy) is 2. The molecule has 5 heteroatoms. The van der Waals surface area contributed by atoms with Crippen LogP contribution in [0, 0.1) is 0 Å². The highest BCUT2D eigenvalue weighted by molar-refractivity contribution is 5.89. The summed E-state index contributed by atoms with van der Waals surface area (Å²) in [7, 11) is 1.36. The molecule has 128 valence electrons. The first-order chi connectivity index (χ1) is 11.7. The fourth-order valence-corrected chi connectivity index (χ4v) is 1.93. The zero-order chi connectivity index (χ0) is 17.6. The lowest BCUT2D eigenvalue weighted by Crippen LogP contribution is -2.15. The van der Waals surface area contributed by atoms with Crippen LogP contribution in [0.4, 0.5) is 0 Å². The maximum Gasteiger partial charge on any atom is 0.338 e. The summed E-state index contributed by atoms with van der Waals surface area (Å²) >= 11 is 0. The van der Waals surface area contributed by atoms with Crippen LogP contribution < -0.4 is 0 Å². The monoisotopic (exact) mass is 330 g/mol. The Hall–Kier alpha value is -2.69. The van der Waals surface area contributed by atoms with E-state index in [1.54, 1.807) is 30.3 Å². The average molecular weight is 330 g/mol. The molecule has 1 atom stereocenters. The molecule has 0 aliphatic carbocycles. The number of hydrogen-bond donors (Lipinski definition) is 0. The van der Waals surface area contributed by atoms with Gasteiger partial charge in [-0.15, -0.1) is 0 Å². The molecule has 0 amide bonds. The zero-order valence-corrected chi connectivity index (χ0v) is 13.7. The summed E-state index contributed by atoms with van der Waals surface area (Å²) in [6.45, 7) is 0. The SMILES string of the molecule is COC(=O)CCC/C=C\C[C@H](/C=C/C=O)OC(=O)c1ccccc1. The normalized spacial score (nSPS) is 12.2. The minimum atomic E-state index is -0.514. The topological polar surface area (TPSA) is 69.7 Å². The van der Waals surface area contributed by atoms with Crippen LogP contribution in [0.3, 0.4) is 0 Å². The summed E-state index contributed by atoms with van der Waals surface area (Å²) < 4.78 is 9.95. The Morgan fingerprint density at radius 3 is 2.58 bits per heavy atom. The molecule has 0 aromatic heterocycles. The lowest BCUT2D eigenvalue weighted by molar-refractivity contribution is -0.140. The molecule has 0 N–H and O–H groups in total. The fraction of sp³-hybridized carbons (Fsp3) is 0.316. The Morgan fingerprint density at radius 2 is 1.92 bits per heavy atom. The summed E-state index contributed by atoms with van der Waals surface area (Å²) in [5, 5.41) is 0. The van der Waals surface area contributed by atoms with Gasteiger partial charge in [0.05, 0.1) is 12.7 Å². The number of carbonyl (C=O) groups is 3. The van der Waals surface area contributed by atoms with Crippen molar-refractivity contribution < 1.29 is 23.9 Å². The van der Waals surface area contributed by atoms with E-state index in [1.807, 2.05) is 18.2 Å². The lowest BCUT2D eigenvalue weighted by Gasteiger charge is -2.12. The van der Waals surface area contributed by atoms with Crippen molar-refractivity contribution in [2.45, 2.75) is 31.8 Å². The third kappa shape index (κ3) is 8.08. The summed E-state index contributed by atoms with van der Waals surface area (Å²) in [5.74, 6) is -0.665. The summed E-state index contributed by atoms with van der Waals surface area (Å²) in [4.78, 5) is 33.5. The predicted molar refractivity (Wildman–Crippen MR) is 90.5 cm³/mol. The number of esters is 2. The van der Waals surface area contributed by atoms with Gasteiger partial charge in [0, 0.05) is 12.8 Å². The molecule has 0 saturated heterocycles. The number of aldehydes is 1. The molecule has 0 aliphatic rings. The van der Waals surface area contributed by atoms with E-state index in [-0.39, 0.29) is 5.97 Å². The number of allylic oxidation sites excluding steroid dienone is 2. The van der Waals surface area contributed by atoms with E-state index in [4.69, 9.17) is 4.74 Å². The molecule has 0 aliphatic heterocycles. The predicted octanol–water partition coefficient (Wildman–Crippen LogP) is 3.26. The van der Waals surface area contributed by atoms with Gasteiger partial charge in [0.15, 0.2) is 0 Å². The molecule has 1 aromatic rings. The van der Waals surface area contributed by atoms with Gasteiger partial charge in [0.1, 0.15) is 12.4 Å². The first kappa shape index (κ1) is 19.4. The van der Waals surface area contributed by atoms with Gasteiger partial charge in [-0.25, -0.2) is 4.79 Å². The smallest absolute Gasteiger partial charge is 0.338 e. The summed E-state index contributed by atoms with van der Waals surface area (Å²) in [5.41, 5.74) is 0.462. The Morgan fingerprint density at radius 1 is 1.17 bits per heavy atom. The number of carbonyl (C=O) groups excluding carboxylic acids is 3. The fourth-order valence-electron chi connectivity index (χ4n) is 1.93. The van der Waals surface area contributed by atoms with E-state index < -0.39 is 12.1 Å². The van der Waals surface area contributed by atoms with Gasteiger partial charge in [-0.2, -0.15) is 0 Å². The highest BCUT2D eigenvalue weighted by atomic mass is 16.5. The van der Waals surface area contributed by atoms with E-state index in [9.17, 15) is 14.4 Å². The van der Waals surface area contributed by atoms with Gasteiger partial charge < -0.3 is 9.47 Å². The van der Waals surface area contributed by atoms with Gasteiger partial charge in [0.2, 0.25) is 0 Å². The van der Waals surface area contributed by atoms with Crippen molar-refractivity contribution in [2.24, 2.45) is 0 Å². The van der Waals surface area contributed by atoms with E-state index in [0.717, 1.165) is 6.42 Å². The molecule has 1 aromatic carbocycles. The number of rotatable bonds is 10. The second-order valence-corrected chi connectivity index (χ2v) is 5.01. The molecule has 0 bridgehead atoms. The van der Waals surface area contributed by atoms with Crippen LogP contribution in [0.15, 0.2) is 54.6 Å². The highest BCUT2D eigenvalue weighted by Crippen LogP contribution is 2.09. The minimum Gasteiger partial charge on any atom is -0.469 e. The first-order valence-corrected chi connectivity index (χ1v) is 7.77. The number of hydrogen-bond acceptors (Lipinski definition) is 5. The van der Waals surface area contributed by atoms with Crippen molar-refractivity contribution in [1.29, 1.82) is 0 Å². The van der Waals surface area contributed by atoms with Gasteiger partial charge in [0.25, 0.3) is 0 Å². The Balaban J connectivity index is 2.47. The van der Waals surface area contributed by atoms with Crippen molar-refractivity contribution in [3.05, 3.63) is 60.2 Å². The number of unbranched alkanes of at least 4 members (excludes halogenated alkanes) is 1. The van der Waals surface area contributed by atoms with E-state index in [0.29, 0.717) is 31.1 Å². The molecular weight excluding hydrogens is 308 g/mol. The Kier molecular flexibility index (Phi) is 9.53. The average Bonchev–Trinajstić information content (AvgIpc) is 2.62. The molecule has 0 fully saturated rings. The largest absolute Gasteiger partial charge is 0.469 e. The summed E-state index contributed by atoms with van der Waals surface area (Å²) in [6, 6.07) is 8.68. The lowest BCUT2D eigenvalue weighted by atomic mass is 10.1. The molecule has 0 saturated carbocycles. The van der Waals surface area contributed by atoms with E-state index in [2.05, 4.69) is 4.74 Å². The summed E-state index contributed by atoms with van der Waals surface area (Å²) in [6.07, 6.45) is 9.04. The third-order valence-corrected chi connectivity index (χ3v) is 3.19. The zero-order valence-electron chi connectivity index (χ0n) is 13.7.